The molecule has 3 aromatic rings. The lowest BCUT2D eigenvalue weighted by Gasteiger charge is -2.34. The normalized spacial score (nSPS) is 18.3. The van der Waals surface area contributed by atoms with Crippen molar-refractivity contribution in [3.8, 4) is 0 Å². The van der Waals surface area contributed by atoms with Crippen LogP contribution in [-0.4, -0.2) is 22.6 Å². The first-order valence-corrected chi connectivity index (χ1v) is 8.22. The van der Waals surface area contributed by atoms with Crippen LogP contribution in [0.15, 0.2) is 48.7 Å². The molecule has 23 heavy (non-hydrogen) atoms. The molecule has 4 rings (SSSR count). The van der Waals surface area contributed by atoms with E-state index >= 15 is 0 Å². The maximum absolute atomic E-state index is 14.3. The minimum Gasteiger partial charge on any atom is -0.351 e. The first-order chi connectivity index (χ1) is 11.2. The van der Waals surface area contributed by atoms with Crippen molar-refractivity contribution in [3.63, 3.8) is 0 Å². The molecule has 2 aromatic carbocycles. The monoisotopic (exact) mass is 308 g/mol. The van der Waals surface area contributed by atoms with Gasteiger partial charge in [-0.3, -0.25) is 4.90 Å². The fraction of sp³-hybridized carbons (Fsp3) is 0.300. The third-order valence-corrected chi connectivity index (χ3v) is 5.11. The SMILES string of the molecule is CCN1Cc2c(F)cccc2C(c2ccc3ccn(C)c3c2)C1. The lowest BCUT2D eigenvalue weighted by Crippen LogP contribution is -2.34. The minimum absolute atomic E-state index is 0.0782. The second-order valence-corrected chi connectivity index (χ2v) is 6.43. The van der Waals surface area contributed by atoms with Gasteiger partial charge >= 0.3 is 0 Å². The van der Waals surface area contributed by atoms with Gasteiger partial charge in [0.15, 0.2) is 0 Å². The van der Waals surface area contributed by atoms with Crippen LogP contribution in [0.25, 0.3) is 10.9 Å². The topological polar surface area (TPSA) is 8.17 Å². The highest BCUT2D eigenvalue weighted by Gasteiger charge is 2.27. The molecule has 1 atom stereocenters. The lowest BCUT2D eigenvalue weighted by atomic mass is 9.84. The molecule has 1 aromatic heterocycles. The molecule has 1 aliphatic rings. The zero-order chi connectivity index (χ0) is 16.0. The van der Waals surface area contributed by atoms with Crippen molar-refractivity contribution in [2.24, 2.45) is 7.05 Å². The third-order valence-electron chi connectivity index (χ3n) is 5.11. The van der Waals surface area contributed by atoms with Gasteiger partial charge in [0.05, 0.1) is 0 Å². The second kappa shape index (κ2) is 5.50. The van der Waals surface area contributed by atoms with E-state index in [9.17, 15) is 4.39 Å². The summed E-state index contributed by atoms with van der Waals surface area (Å²) in [6, 6.07) is 14.3. The Kier molecular flexibility index (Phi) is 3.46. The Morgan fingerprint density at radius 1 is 1.17 bits per heavy atom. The van der Waals surface area contributed by atoms with Crippen molar-refractivity contribution in [2.45, 2.75) is 19.4 Å². The van der Waals surface area contributed by atoms with E-state index in [0.717, 1.165) is 24.2 Å². The van der Waals surface area contributed by atoms with Crippen molar-refractivity contribution in [2.75, 3.05) is 13.1 Å². The highest BCUT2D eigenvalue weighted by molar-refractivity contribution is 5.81. The van der Waals surface area contributed by atoms with Crippen LogP contribution < -0.4 is 0 Å². The Labute approximate surface area is 136 Å². The van der Waals surface area contributed by atoms with Crippen LogP contribution in [0.3, 0.4) is 0 Å². The van der Waals surface area contributed by atoms with Crippen LogP contribution >= 0.6 is 0 Å². The summed E-state index contributed by atoms with van der Waals surface area (Å²) >= 11 is 0. The van der Waals surface area contributed by atoms with Crippen molar-refractivity contribution in [1.29, 1.82) is 0 Å². The summed E-state index contributed by atoms with van der Waals surface area (Å²) in [5, 5.41) is 1.25. The molecule has 0 amide bonds. The average molecular weight is 308 g/mol. The number of hydrogen-bond acceptors (Lipinski definition) is 1. The summed E-state index contributed by atoms with van der Waals surface area (Å²) < 4.78 is 16.5. The zero-order valence-corrected chi connectivity index (χ0v) is 13.6. The molecule has 1 unspecified atom stereocenters. The Morgan fingerprint density at radius 3 is 2.87 bits per heavy atom. The van der Waals surface area contributed by atoms with Crippen LogP contribution in [0.2, 0.25) is 0 Å². The number of rotatable bonds is 2. The van der Waals surface area contributed by atoms with Gasteiger partial charge in [0, 0.05) is 43.3 Å². The smallest absolute Gasteiger partial charge is 0.127 e. The average Bonchev–Trinajstić information content (AvgIpc) is 2.95. The molecule has 2 heterocycles. The highest BCUT2D eigenvalue weighted by atomic mass is 19.1. The molecule has 0 N–H and O–H groups in total. The van der Waals surface area contributed by atoms with Gasteiger partial charge in [0.2, 0.25) is 0 Å². The number of aryl methyl sites for hydroxylation is 1. The molecule has 0 radical (unpaired) electrons. The molecule has 2 nitrogen and oxygen atoms in total. The van der Waals surface area contributed by atoms with Gasteiger partial charge in [-0.2, -0.15) is 0 Å². The molecule has 0 saturated carbocycles. The summed E-state index contributed by atoms with van der Waals surface area (Å²) in [7, 11) is 2.07. The van der Waals surface area contributed by atoms with Gasteiger partial charge < -0.3 is 4.57 Å². The van der Waals surface area contributed by atoms with Crippen LogP contribution in [0.4, 0.5) is 4.39 Å². The molecule has 3 heteroatoms. The number of likely N-dealkylation sites (N-methyl/N-ethyl adjacent to an activating group) is 1. The largest absolute Gasteiger partial charge is 0.351 e. The number of nitrogens with zero attached hydrogens (tertiary/aromatic N) is 2. The maximum Gasteiger partial charge on any atom is 0.127 e. The van der Waals surface area contributed by atoms with E-state index in [4.69, 9.17) is 0 Å². The van der Waals surface area contributed by atoms with Gasteiger partial charge in [-0.15, -0.1) is 0 Å². The number of benzene rings is 2. The first-order valence-electron chi connectivity index (χ1n) is 8.22. The van der Waals surface area contributed by atoms with Gasteiger partial charge in [0.1, 0.15) is 5.82 Å². The predicted molar refractivity (Wildman–Crippen MR) is 92.1 cm³/mol. The standard InChI is InChI=1S/C20H21FN2/c1-3-23-12-17(16-5-4-6-19(21)18(16)13-23)15-8-7-14-9-10-22(2)20(14)11-15/h4-11,17H,3,12-13H2,1-2H3. The van der Waals surface area contributed by atoms with E-state index in [-0.39, 0.29) is 11.7 Å². The molecule has 0 saturated heterocycles. The molecule has 0 aliphatic carbocycles. The predicted octanol–water partition coefficient (Wildman–Crippen LogP) is 4.28. The van der Waals surface area contributed by atoms with Crippen molar-refractivity contribution in [1.82, 2.24) is 9.47 Å². The molecule has 1 aliphatic heterocycles. The Bertz CT molecular complexity index is 865. The number of fused-ring (bicyclic) bond motifs is 2. The fourth-order valence-electron chi connectivity index (χ4n) is 3.74. The number of halogens is 1. The highest BCUT2D eigenvalue weighted by Crippen LogP contribution is 2.35. The molecule has 0 spiro atoms. The van der Waals surface area contributed by atoms with Gasteiger partial charge in [-0.25, -0.2) is 4.39 Å². The Balaban J connectivity index is 1.86. The maximum atomic E-state index is 14.3. The summed E-state index contributed by atoms with van der Waals surface area (Å²) in [5.74, 6) is 0.152. The number of aromatic nitrogens is 1. The quantitative estimate of drug-likeness (QED) is 0.686. The zero-order valence-electron chi connectivity index (χ0n) is 13.6. The lowest BCUT2D eigenvalue weighted by molar-refractivity contribution is 0.248. The van der Waals surface area contributed by atoms with Crippen molar-refractivity contribution in [3.05, 3.63) is 71.2 Å². The van der Waals surface area contributed by atoms with E-state index in [0.29, 0.717) is 6.54 Å². The first kappa shape index (κ1) is 14.5. The van der Waals surface area contributed by atoms with Gasteiger partial charge in [0.25, 0.3) is 0 Å². The molecule has 118 valence electrons. The van der Waals surface area contributed by atoms with E-state index in [1.807, 2.05) is 6.07 Å². The van der Waals surface area contributed by atoms with E-state index in [2.05, 4.69) is 60.0 Å². The van der Waals surface area contributed by atoms with Crippen LogP contribution in [0.5, 0.6) is 0 Å². The second-order valence-electron chi connectivity index (χ2n) is 6.43. The molecular formula is C20H21FN2. The summed E-state index contributed by atoms with van der Waals surface area (Å²) in [6.45, 7) is 4.74. The minimum atomic E-state index is -0.0782. The van der Waals surface area contributed by atoms with Crippen LogP contribution in [0, 0.1) is 5.82 Å². The molecular weight excluding hydrogens is 287 g/mol. The van der Waals surface area contributed by atoms with Crippen LogP contribution in [-0.2, 0) is 13.6 Å². The summed E-state index contributed by atoms with van der Waals surface area (Å²) in [5.41, 5.74) is 4.50. The van der Waals surface area contributed by atoms with E-state index in [1.54, 1.807) is 6.07 Å². The van der Waals surface area contributed by atoms with Gasteiger partial charge in [-0.05, 0) is 41.3 Å². The molecule has 0 fully saturated rings. The van der Waals surface area contributed by atoms with Crippen LogP contribution in [0.1, 0.15) is 29.5 Å². The van der Waals surface area contributed by atoms with E-state index < -0.39 is 0 Å². The molecule has 0 bridgehead atoms. The summed E-state index contributed by atoms with van der Waals surface area (Å²) in [4.78, 5) is 2.32. The van der Waals surface area contributed by atoms with Crippen molar-refractivity contribution >= 4 is 10.9 Å². The number of hydrogen-bond donors (Lipinski definition) is 0. The Morgan fingerprint density at radius 2 is 2.04 bits per heavy atom. The van der Waals surface area contributed by atoms with E-state index in [1.165, 1.54) is 16.5 Å². The fourth-order valence-corrected chi connectivity index (χ4v) is 3.74. The van der Waals surface area contributed by atoms with Gasteiger partial charge in [-0.1, -0.05) is 31.2 Å². The Hall–Kier alpha value is -2.13. The third kappa shape index (κ3) is 2.36. The van der Waals surface area contributed by atoms with Crippen molar-refractivity contribution < 1.29 is 4.39 Å². The summed E-state index contributed by atoms with van der Waals surface area (Å²) in [6.07, 6.45) is 2.08.